The van der Waals surface area contributed by atoms with E-state index in [0.717, 1.165) is 6.54 Å². The Labute approximate surface area is 109 Å². The van der Waals surface area contributed by atoms with Gasteiger partial charge in [-0.15, -0.1) is 0 Å². The Hall–Kier alpha value is -0.600. The second-order valence-corrected chi connectivity index (χ2v) is 5.64. The van der Waals surface area contributed by atoms with E-state index >= 15 is 0 Å². The molecule has 1 aromatic rings. The second-order valence-electron chi connectivity index (χ2n) is 5.28. The third-order valence-corrected chi connectivity index (χ3v) is 3.68. The van der Waals surface area contributed by atoms with Crippen LogP contribution in [-0.2, 0) is 0 Å². The Kier molecular flexibility index (Phi) is 4.41. The zero-order chi connectivity index (χ0) is 12.3. The average molecular weight is 253 g/mol. The molecule has 1 saturated heterocycles. The molecule has 0 bridgehead atoms. The molecule has 0 aliphatic carbocycles. The monoisotopic (exact) mass is 252 g/mol. The lowest BCUT2D eigenvalue weighted by Crippen LogP contribution is -2.36. The summed E-state index contributed by atoms with van der Waals surface area (Å²) in [7, 11) is 0. The Morgan fingerprint density at radius 1 is 1.47 bits per heavy atom. The molecular formula is C14H21ClN2. The van der Waals surface area contributed by atoms with E-state index in [-0.39, 0.29) is 0 Å². The predicted octanol–water partition coefficient (Wildman–Crippen LogP) is 3.92. The molecule has 94 valence electrons. The number of hydrogen-bond donors (Lipinski definition) is 0. The summed E-state index contributed by atoms with van der Waals surface area (Å²) in [5.41, 5.74) is 1.20. The van der Waals surface area contributed by atoms with E-state index in [4.69, 9.17) is 11.6 Å². The number of pyridine rings is 1. The van der Waals surface area contributed by atoms with Gasteiger partial charge in [-0.3, -0.25) is 4.90 Å². The molecule has 2 nitrogen and oxygen atoms in total. The van der Waals surface area contributed by atoms with Crippen molar-refractivity contribution in [3.63, 3.8) is 0 Å². The van der Waals surface area contributed by atoms with Crippen molar-refractivity contribution in [3.8, 4) is 0 Å². The van der Waals surface area contributed by atoms with Gasteiger partial charge in [0, 0.05) is 24.3 Å². The van der Waals surface area contributed by atoms with Crippen molar-refractivity contribution >= 4 is 11.6 Å². The fourth-order valence-corrected chi connectivity index (χ4v) is 2.92. The minimum Gasteiger partial charge on any atom is -0.296 e. The first-order valence-electron chi connectivity index (χ1n) is 6.53. The molecule has 2 heterocycles. The Bertz CT molecular complexity index is 365. The van der Waals surface area contributed by atoms with Crippen LogP contribution >= 0.6 is 11.6 Å². The Morgan fingerprint density at radius 3 is 3.00 bits per heavy atom. The predicted molar refractivity (Wildman–Crippen MR) is 72.3 cm³/mol. The van der Waals surface area contributed by atoms with E-state index in [1.54, 1.807) is 6.20 Å². The molecule has 1 aliphatic heterocycles. The molecular weight excluding hydrogens is 232 g/mol. The smallest absolute Gasteiger partial charge is 0.133 e. The molecule has 1 aliphatic rings. The Morgan fingerprint density at radius 2 is 2.29 bits per heavy atom. The van der Waals surface area contributed by atoms with Crippen LogP contribution in [0.15, 0.2) is 18.3 Å². The van der Waals surface area contributed by atoms with Gasteiger partial charge in [-0.1, -0.05) is 37.9 Å². The van der Waals surface area contributed by atoms with E-state index in [9.17, 15) is 0 Å². The molecule has 0 amide bonds. The molecule has 0 spiro atoms. The molecule has 0 aromatic carbocycles. The number of piperidine rings is 1. The standard InChI is InChI=1S/C14H21ClN2/c1-11(2)10-17-9-4-3-7-13(17)12-6-5-8-16-14(12)15/h5-6,8,11,13H,3-4,7,9-10H2,1-2H3. The van der Waals surface area contributed by atoms with Gasteiger partial charge in [0.1, 0.15) is 5.15 Å². The van der Waals surface area contributed by atoms with E-state index < -0.39 is 0 Å². The van der Waals surface area contributed by atoms with Crippen LogP contribution in [0.4, 0.5) is 0 Å². The van der Waals surface area contributed by atoms with Crippen LogP contribution in [0.1, 0.15) is 44.7 Å². The summed E-state index contributed by atoms with van der Waals surface area (Å²) < 4.78 is 0. The van der Waals surface area contributed by atoms with E-state index in [1.165, 1.54) is 31.4 Å². The molecule has 0 radical (unpaired) electrons. The fraction of sp³-hybridized carbons (Fsp3) is 0.643. The molecule has 17 heavy (non-hydrogen) atoms. The average Bonchev–Trinajstić information content (AvgIpc) is 2.30. The maximum Gasteiger partial charge on any atom is 0.133 e. The van der Waals surface area contributed by atoms with E-state index in [2.05, 4.69) is 29.8 Å². The lowest BCUT2D eigenvalue weighted by molar-refractivity contribution is 0.132. The first-order valence-corrected chi connectivity index (χ1v) is 6.90. The largest absolute Gasteiger partial charge is 0.296 e. The molecule has 1 atom stereocenters. The van der Waals surface area contributed by atoms with Crippen molar-refractivity contribution in [2.24, 2.45) is 5.92 Å². The summed E-state index contributed by atoms with van der Waals surface area (Å²) in [6, 6.07) is 4.58. The zero-order valence-corrected chi connectivity index (χ0v) is 11.5. The SMILES string of the molecule is CC(C)CN1CCCCC1c1cccnc1Cl. The number of hydrogen-bond acceptors (Lipinski definition) is 2. The van der Waals surface area contributed by atoms with Gasteiger partial charge in [0.2, 0.25) is 0 Å². The maximum atomic E-state index is 6.22. The first-order chi connectivity index (χ1) is 8.18. The summed E-state index contributed by atoms with van der Waals surface area (Å²) >= 11 is 6.22. The number of halogens is 1. The van der Waals surface area contributed by atoms with Gasteiger partial charge in [-0.2, -0.15) is 0 Å². The van der Waals surface area contributed by atoms with Gasteiger partial charge < -0.3 is 0 Å². The number of nitrogens with zero attached hydrogens (tertiary/aromatic N) is 2. The third-order valence-electron chi connectivity index (χ3n) is 3.36. The molecule has 2 rings (SSSR count). The van der Waals surface area contributed by atoms with Crippen LogP contribution in [-0.4, -0.2) is 23.0 Å². The highest BCUT2D eigenvalue weighted by atomic mass is 35.5. The van der Waals surface area contributed by atoms with Gasteiger partial charge in [-0.05, 0) is 31.4 Å². The summed E-state index contributed by atoms with van der Waals surface area (Å²) in [6.45, 7) is 6.89. The molecule has 0 saturated carbocycles. The maximum absolute atomic E-state index is 6.22. The summed E-state index contributed by atoms with van der Waals surface area (Å²) in [6.07, 6.45) is 5.57. The molecule has 1 fully saturated rings. The van der Waals surface area contributed by atoms with Crippen molar-refractivity contribution in [1.82, 2.24) is 9.88 Å². The highest BCUT2D eigenvalue weighted by Gasteiger charge is 2.26. The molecule has 1 aromatic heterocycles. The van der Waals surface area contributed by atoms with E-state index in [1.807, 2.05) is 6.07 Å². The summed E-state index contributed by atoms with van der Waals surface area (Å²) in [5.74, 6) is 0.700. The van der Waals surface area contributed by atoms with E-state index in [0.29, 0.717) is 17.1 Å². The topological polar surface area (TPSA) is 16.1 Å². The minimum absolute atomic E-state index is 0.465. The van der Waals surface area contributed by atoms with Gasteiger partial charge >= 0.3 is 0 Å². The van der Waals surface area contributed by atoms with Gasteiger partial charge in [0.25, 0.3) is 0 Å². The quantitative estimate of drug-likeness (QED) is 0.758. The lowest BCUT2D eigenvalue weighted by Gasteiger charge is -2.37. The van der Waals surface area contributed by atoms with Crippen LogP contribution < -0.4 is 0 Å². The third kappa shape index (κ3) is 3.20. The minimum atomic E-state index is 0.465. The summed E-state index contributed by atoms with van der Waals surface area (Å²) in [5, 5.41) is 0.674. The second kappa shape index (κ2) is 5.83. The number of aromatic nitrogens is 1. The number of likely N-dealkylation sites (tertiary alicyclic amines) is 1. The first kappa shape index (κ1) is 12.8. The van der Waals surface area contributed by atoms with Crippen molar-refractivity contribution in [2.45, 2.75) is 39.2 Å². The van der Waals surface area contributed by atoms with Crippen LogP contribution in [0.2, 0.25) is 5.15 Å². The fourth-order valence-electron chi connectivity index (χ4n) is 2.68. The van der Waals surface area contributed by atoms with Crippen LogP contribution in [0, 0.1) is 5.92 Å². The van der Waals surface area contributed by atoms with Crippen LogP contribution in [0.3, 0.4) is 0 Å². The Balaban J connectivity index is 2.19. The highest BCUT2D eigenvalue weighted by Crippen LogP contribution is 2.34. The number of rotatable bonds is 3. The lowest BCUT2D eigenvalue weighted by atomic mass is 9.95. The van der Waals surface area contributed by atoms with Crippen molar-refractivity contribution in [1.29, 1.82) is 0 Å². The highest BCUT2D eigenvalue weighted by molar-refractivity contribution is 6.30. The normalized spacial score (nSPS) is 22.0. The zero-order valence-electron chi connectivity index (χ0n) is 10.7. The molecule has 3 heteroatoms. The van der Waals surface area contributed by atoms with Gasteiger partial charge in [0.05, 0.1) is 0 Å². The van der Waals surface area contributed by atoms with Crippen LogP contribution in [0.25, 0.3) is 0 Å². The van der Waals surface area contributed by atoms with Gasteiger partial charge in [-0.25, -0.2) is 4.98 Å². The summed E-state index contributed by atoms with van der Waals surface area (Å²) in [4.78, 5) is 6.77. The van der Waals surface area contributed by atoms with Crippen molar-refractivity contribution < 1.29 is 0 Å². The molecule has 0 N–H and O–H groups in total. The van der Waals surface area contributed by atoms with Crippen LogP contribution in [0.5, 0.6) is 0 Å². The molecule has 1 unspecified atom stereocenters. The van der Waals surface area contributed by atoms with Crippen molar-refractivity contribution in [2.75, 3.05) is 13.1 Å². The van der Waals surface area contributed by atoms with Gasteiger partial charge in [0.15, 0.2) is 0 Å². The van der Waals surface area contributed by atoms with Crippen molar-refractivity contribution in [3.05, 3.63) is 29.0 Å².